The van der Waals surface area contributed by atoms with Gasteiger partial charge in [0.15, 0.2) is 0 Å². The minimum Gasteiger partial charge on any atom is -0.377 e. The van der Waals surface area contributed by atoms with Crippen molar-refractivity contribution in [1.82, 2.24) is 18.3 Å². The highest BCUT2D eigenvalue weighted by atomic mass is 35.6. The molecule has 0 radical (unpaired) electrons. The molecule has 4 nitrogen and oxygen atoms in total. The van der Waals surface area contributed by atoms with Crippen LogP contribution in [0.3, 0.4) is 0 Å². The van der Waals surface area contributed by atoms with Crippen molar-refractivity contribution in [2.75, 3.05) is 0 Å². The average Bonchev–Trinajstić information content (AvgIpc) is 3.03. The predicted molar refractivity (Wildman–Crippen MR) is 142 cm³/mol. The van der Waals surface area contributed by atoms with Gasteiger partial charge in [0.25, 0.3) is 0 Å². The van der Waals surface area contributed by atoms with Crippen molar-refractivity contribution in [1.29, 1.82) is 0 Å². The Morgan fingerprint density at radius 3 is 0.903 bits per heavy atom. The summed E-state index contributed by atoms with van der Waals surface area (Å²) in [5.74, 6) is 0. The van der Waals surface area contributed by atoms with Crippen LogP contribution in [-0.2, 0) is 0 Å². The van der Waals surface area contributed by atoms with E-state index in [1.807, 2.05) is 0 Å². The molecular weight excluding hydrogens is 506 g/mol. The summed E-state index contributed by atoms with van der Waals surface area (Å²) in [5.41, 5.74) is -1.10. The van der Waals surface area contributed by atoms with Gasteiger partial charge < -0.3 is 18.3 Å². The van der Waals surface area contributed by atoms with Crippen LogP contribution in [0.15, 0.2) is 24.8 Å². The molecular formula is C21H40Cl4N4Si2. The first kappa shape index (κ1) is 27.5. The molecule has 2 rings (SSSR count). The Bertz CT molecular complexity index is 704. The van der Waals surface area contributed by atoms with Crippen molar-refractivity contribution >= 4 is 61.0 Å². The third-order valence-electron chi connectivity index (χ3n) is 5.80. The Hall–Kier alpha value is 0.274. The summed E-state index contributed by atoms with van der Waals surface area (Å²) < 4.78 is 7.70. The van der Waals surface area contributed by atoms with Crippen LogP contribution < -0.4 is 0 Å². The van der Waals surface area contributed by atoms with E-state index in [-0.39, 0.29) is 22.2 Å². The second kappa shape index (κ2) is 7.64. The van der Waals surface area contributed by atoms with E-state index in [1.54, 1.807) is 0 Å². The summed E-state index contributed by atoms with van der Waals surface area (Å²) in [7, 11) is -6.61. The Morgan fingerprint density at radius 2 is 0.710 bits per heavy atom. The SMILES string of the molecule is CC(C)(C)N1C=CN(C(C)(C)C)[Si]1(Cl)[Si]1(C(Cl)(Cl)Cl)N(C(C)(C)C)C=CN1C(C)(C)C. The highest BCUT2D eigenvalue weighted by Crippen LogP contribution is 2.58. The molecule has 31 heavy (non-hydrogen) atoms. The number of hydrogen-bond donors (Lipinski definition) is 0. The minimum atomic E-state index is -3.35. The molecule has 0 fully saturated rings. The molecule has 0 spiro atoms. The van der Waals surface area contributed by atoms with E-state index in [0.717, 1.165) is 0 Å². The molecule has 0 aromatic rings. The zero-order valence-electron chi connectivity index (χ0n) is 21.1. The molecule has 0 saturated heterocycles. The van der Waals surface area contributed by atoms with Crippen LogP contribution in [0.5, 0.6) is 0 Å². The second-order valence-corrected chi connectivity index (χ2v) is 27.7. The van der Waals surface area contributed by atoms with Gasteiger partial charge in [0.1, 0.15) is 0 Å². The summed E-state index contributed by atoms with van der Waals surface area (Å²) in [6, 6.07) is 0. The van der Waals surface area contributed by atoms with Crippen LogP contribution in [-0.4, -0.2) is 59.0 Å². The van der Waals surface area contributed by atoms with Gasteiger partial charge in [-0.3, -0.25) is 0 Å². The predicted octanol–water partition coefficient (Wildman–Crippen LogP) is 6.97. The largest absolute Gasteiger partial charge is 0.399 e. The van der Waals surface area contributed by atoms with E-state index in [9.17, 15) is 0 Å². The van der Waals surface area contributed by atoms with Gasteiger partial charge in [0, 0.05) is 47.0 Å². The Labute approximate surface area is 211 Å². The van der Waals surface area contributed by atoms with Crippen LogP contribution in [0.4, 0.5) is 0 Å². The van der Waals surface area contributed by atoms with Gasteiger partial charge in [0.2, 0.25) is 3.42 Å². The van der Waals surface area contributed by atoms with Crippen molar-refractivity contribution in [3.63, 3.8) is 0 Å². The Kier molecular flexibility index (Phi) is 6.78. The number of alkyl halides is 3. The van der Waals surface area contributed by atoms with E-state index in [0.29, 0.717) is 0 Å². The van der Waals surface area contributed by atoms with Gasteiger partial charge in [0.05, 0.1) is 0 Å². The van der Waals surface area contributed by atoms with Crippen molar-refractivity contribution in [3.8, 4) is 0 Å². The van der Waals surface area contributed by atoms with Gasteiger partial charge >= 0.3 is 15.1 Å². The second-order valence-electron chi connectivity index (χ2n) is 12.5. The number of nitrogens with zero attached hydrogens (tertiary/aromatic N) is 4. The van der Waals surface area contributed by atoms with Crippen molar-refractivity contribution in [2.24, 2.45) is 0 Å². The van der Waals surface area contributed by atoms with E-state index in [4.69, 9.17) is 45.9 Å². The first-order valence-corrected chi connectivity index (χ1v) is 17.7. The van der Waals surface area contributed by atoms with Crippen molar-refractivity contribution in [3.05, 3.63) is 24.8 Å². The number of halogens is 4. The third-order valence-corrected chi connectivity index (χ3v) is 27.4. The lowest BCUT2D eigenvalue weighted by Gasteiger charge is -2.64. The minimum absolute atomic E-state index is 0.254. The molecule has 0 amide bonds. The monoisotopic (exact) mass is 544 g/mol. The Morgan fingerprint density at radius 1 is 0.484 bits per heavy atom. The maximum absolute atomic E-state index is 8.13. The number of rotatable bonds is 1. The summed E-state index contributed by atoms with van der Waals surface area (Å²) >= 11 is 29.5. The highest BCUT2D eigenvalue weighted by Gasteiger charge is 2.83. The highest BCUT2D eigenvalue weighted by molar-refractivity contribution is 7.60. The molecule has 0 atom stereocenters. The fraction of sp³-hybridized carbons (Fsp3) is 0.810. The third kappa shape index (κ3) is 4.16. The summed E-state index contributed by atoms with van der Waals surface area (Å²) in [5, 5.41) is 0. The summed E-state index contributed by atoms with van der Waals surface area (Å²) in [6.45, 7) is 26.1. The molecule has 0 aromatic carbocycles. The zero-order chi connectivity index (χ0) is 24.6. The normalized spacial score (nSPS) is 22.2. The van der Waals surface area contributed by atoms with Crippen molar-refractivity contribution in [2.45, 2.75) is 109 Å². The molecule has 2 heterocycles. The molecule has 0 N–H and O–H groups in total. The average molecular weight is 547 g/mol. The van der Waals surface area contributed by atoms with Gasteiger partial charge in [-0.05, 0) is 83.1 Å². The van der Waals surface area contributed by atoms with Crippen LogP contribution in [0, 0.1) is 0 Å². The van der Waals surface area contributed by atoms with E-state index in [2.05, 4.69) is 126 Å². The lowest BCUT2D eigenvalue weighted by Crippen LogP contribution is -2.92. The lowest BCUT2D eigenvalue weighted by molar-refractivity contribution is 0.245. The van der Waals surface area contributed by atoms with Crippen LogP contribution >= 0.6 is 45.9 Å². The van der Waals surface area contributed by atoms with E-state index >= 15 is 0 Å². The molecule has 0 unspecified atom stereocenters. The molecule has 0 saturated carbocycles. The van der Waals surface area contributed by atoms with E-state index in [1.165, 1.54) is 0 Å². The summed E-state index contributed by atoms with van der Waals surface area (Å²) in [4.78, 5) is 0. The molecule has 10 heteroatoms. The topological polar surface area (TPSA) is 13.0 Å². The molecule has 180 valence electrons. The molecule has 2 aliphatic heterocycles. The van der Waals surface area contributed by atoms with Gasteiger partial charge in [-0.1, -0.05) is 34.8 Å². The first-order chi connectivity index (χ1) is 13.4. The number of hydrogen-bond acceptors (Lipinski definition) is 4. The van der Waals surface area contributed by atoms with Crippen molar-refractivity contribution < 1.29 is 0 Å². The molecule has 0 aliphatic carbocycles. The van der Waals surface area contributed by atoms with Crippen LogP contribution in [0.25, 0.3) is 0 Å². The smallest absolute Gasteiger partial charge is 0.377 e. The van der Waals surface area contributed by atoms with Gasteiger partial charge in [-0.2, -0.15) is 0 Å². The maximum Gasteiger partial charge on any atom is 0.399 e. The summed E-state index contributed by atoms with van der Waals surface area (Å²) in [6.07, 6.45) is 8.46. The van der Waals surface area contributed by atoms with Gasteiger partial charge in [-0.15, -0.1) is 11.1 Å². The fourth-order valence-electron chi connectivity index (χ4n) is 4.76. The lowest BCUT2D eigenvalue weighted by atomic mass is 10.1. The van der Waals surface area contributed by atoms with Gasteiger partial charge in [-0.25, -0.2) is 0 Å². The molecule has 2 aliphatic rings. The standard InChI is InChI=1S/C21H40Cl4N4Si2/c1-17(2,3)26-13-14-27(18(4,5)6)30(26,21(22,23)24)31(25)28(19(7,8)9)15-16-29(31)20(10,11)12/h13-16H,1-12H3. The zero-order valence-corrected chi connectivity index (χ0v) is 26.1. The van der Waals surface area contributed by atoms with E-state index < -0.39 is 18.6 Å². The Balaban J connectivity index is 3.07. The fourth-order valence-corrected chi connectivity index (χ4v) is 33.4. The maximum atomic E-state index is 8.13. The van der Waals surface area contributed by atoms with Crippen LogP contribution in [0.2, 0.25) is 0 Å². The van der Waals surface area contributed by atoms with Crippen LogP contribution in [0.1, 0.15) is 83.1 Å². The quantitative estimate of drug-likeness (QED) is 0.200. The molecule has 0 aromatic heterocycles. The molecule has 0 bridgehead atoms. The first-order valence-electron chi connectivity index (χ1n) is 10.7.